The highest BCUT2D eigenvalue weighted by molar-refractivity contribution is 6.31. The average molecular weight is 322 g/mol. The Morgan fingerprint density at radius 2 is 2.09 bits per heavy atom. The fourth-order valence-corrected chi connectivity index (χ4v) is 2.75. The zero-order valence-electron chi connectivity index (χ0n) is 12.3. The van der Waals surface area contributed by atoms with Gasteiger partial charge in [0, 0.05) is 18.1 Å². The Labute approximate surface area is 134 Å². The molecule has 0 spiro atoms. The van der Waals surface area contributed by atoms with Gasteiger partial charge >= 0.3 is 0 Å². The van der Waals surface area contributed by atoms with Crippen LogP contribution in [-0.2, 0) is 4.79 Å². The molecule has 2 fully saturated rings. The maximum atomic E-state index is 12.3. The topological polar surface area (TPSA) is 70.2 Å². The summed E-state index contributed by atoms with van der Waals surface area (Å²) in [6, 6.07) is 4.97. The lowest BCUT2D eigenvalue weighted by Gasteiger charge is -2.14. The van der Waals surface area contributed by atoms with Crippen LogP contribution in [0.5, 0.6) is 0 Å². The summed E-state index contributed by atoms with van der Waals surface area (Å²) >= 11 is 6.00. The van der Waals surface area contributed by atoms with Crippen LogP contribution in [-0.4, -0.2) is 31.4 Å². The molecule has 1 aliphatic heterocycles. The Hall–Kier alpha value is -1.59. The normalized spacial score (nSPS) is 20.7. The molecular weight excluding hydrogens is 302 g/mol. The van der Waals surface area contributed by atoms with E-state index >= 15 is 0 Å². The zero-order chi connectivity index (χ0) is 15.5. The van der Waals surface area contributed by atoms with Gasteiger partial charge in [0.15, 0.2) is 0 Å². The van der Waals surface area contributed by atoms with Crippen molar-refractivity contribution < 1.29 is 9.59 Å². The van der Waals surface area contributed by atoms with Crippen molar-refractivity contribution in [3.63, 3.8) is 0 Å². The van der Waals surface area contributed by atoms with Gasteiger partial charge < -0.3 is 16.0 Å². The van der Waals surface area contributed by atoms with E-state index in [9.17, 15) is 9.59 Å². The molecule has 1 saturated heterocycles. The van der Waals surface area contributed by atoms with E-state index in [0.29, 0.717) is 35.3 Å². The summed E-state index contributed by atoms with van der Waals surface area (Å²) in [5, 5.41) is 9.42. The predicted molar refractivity (Wildman–Crippen MR) is 86.1 cm³/mol. The molecule has 0 radical (unpaired) electrons. The van der Waals surface area contributed by atoms with Crippen LogP contribution < -0.4 is 16.0 Å². The van der Waals surface area contributed by atoms with Crippen molar-refractivity contribution in [2.75, 3.05) is 25.0 Å². The van der Waals surface area contributed by atoms with E-state index in [4.69, 9.17) is 11.6 Å². The number of rotatable bonds is 5. The third-order valence-electron chi connectivity index (χ3n) is 4.16. The molecule has 1 saturated carbocycles. The van der Waals surface area contributed by atoms with Gasteiger partial charge in [0.1, 0.15) is 0 Å². The number of hydrogen-bond acceptors (Lipinski definition) is 3. The zero-order valence-corrected chi connectivity index (χ0v) is 13.1. The number of carbonyl (C=O) groups is 2. The summed E-state index contributed by atoms with van der Waals surface area (Å²) < 4.78 is 0. The first kappa shape index (κ1) is 15.3. The number of anilines is 1. The molecule has 3 N–H and O–H groups in total. The van der Waals surface area contributed by atoms with Crippen molar-refractivity contribution in [2.45, 2.75) is 19.3 Å². The fourth-order valence-electron chi connectivity index (χ4n) is 2.58. The molecule has 3 rings (SSSR count). The van der Waals surface area contributed by atoms with E-state index in [1.165, 1.54) is 12.8 Å². The summed E-state index contributed by atoms with van der Waals surface area (Å²) in [4.78, 5) is 24.6. The number of halogens is 1. The Bertz CT molecular complexity index is 581. The number of benzene rings is 1. The first-order chi connectivity index (χ1) is 10.6. The van der Waals surface area contributed by atoms with Crippen LogP contribution in [0.15, 0.2) is 18.2 Å². The van der Waals surface area contributed by atoms with Crippen molar-refractivity contribution in [3.05, 3.63) is 28.8 Å². The van der Waals surface area contributed by atoms with Crippen molar-refractivity contribution in [1.82, 2.24) is 10.6 Å². The van der Waals surface area contributed by atoms with Gasteiger partial charge in [-0.2, -0.15) is 0 Å². The molecule has 2 aliphatic rings. The van der Waals surface area contributed by atoms with E-state index in [2.05, 4.69) is 16.0 Å². The van der Waals surface area contributed by atoms with Gasteiger partial charge in [-0.3, -0.25) is 9.59 Å². The van der Waals surface area contributed by atoms with Crippen LogP contribution in [0, 0.1) is 11.8 Å². The molecule has 1 heterocycles. The van der Waals surface area contributed by atoms with Crippen molar-refractivity contribution >= 4 is 29.1 Å². The summed E-state index contributed by atoms with van der Waals surface area (Å²) in [5.74, 6) is 0.321. The van der Waals surface area contributed by atoms with Crippen LogP contribution in [0.25, 0.3) is 0 Å². The molecule has 22 heavy (non-hydrogen) atoms. The largest absolute Gasteiger partial charge is 0.352 e. The lowest BCUT2D eigenvalue weighted by molar-refractivity contribution is -0.119. The number of hydrogen-bond donors (Lipinski definition) is 3. The van der Waals surface area contributed by atoms with Gasteiger partial charge in [-0.15, -0.1) is 0 Å². The average Bonchev–Trinajstić information content (AvgIpc) is 3.17. The van der Waals surface area contributed by atoms with Crippen molar-refractivity contribution in [1.29, 1.82) is 0 Å². The highest BCUT2D eigenvalue weighted by Crippen LogP contribution is 2.28. The molecule has 0 bridgehead atoms. The summed E-state index contributed by atoms with van der Waals surface area (Å²) in [6.07, 6.45) is 3.17. The Balaban J connectivity index is 1.71. The fraction of sp³-hybridized carbons (Fsp3) is 0.500. The van der Waals surface area contributed by atoms with Crippen LogP contribution in [0.1, 0.15) is 29.6 Å². The minimum absolute atomic E-state index is 0.0435. The minimum Gasteiger partial charge on any atom is -0.352 e. The van der Waals surface area contributed by atoms with E-state index in [-0.39, 0.29) is 17.7 Å². The summed E-state index contributed by atoms with van der Waals surface area (Å²) in [7, 11) is 0. The van der Waals surface area contributed by atoms with Gasteiger partial charge in [0.05, 0.1) is 17.2 Å². The minimum atomic E-state index is -0.186. The van der Waals surface area contributed by atoms with E-state index < -0.39 is 0 Å². The number of nitrogens with one attached hydrogen (secondary N) is 3. The third-order valence-corrected chi connectivity index (χ3v) is 4.40. The molecule has 1 unspecified atom stereocenters. The van der Waals surface area contributed by atoms with Gasteiger partial charge in [-0.05, 0) is 49.9 Å². The molecule has 1 aromatic carbocycles. The summed E-state index contributed by atoms with van der Waals surface area (Å²) in [5.41, 5.74) is 0.946. The third kappa shape index (κ3) is 3.78. The molecule has 0 aromatic heterocycles. The molecule has 5 nitrogen and oxygen atoms in total. The molecule has 1 atom stereocenters. The maximum Gasteiger partial charge on any atom is 0.253 e. The monoisotopic (exact) mass is 321 g/mol. The van der Waals surface area contributed by atoms with E-state index in [1.807, 2.05) is 0 Å². The van der Waals surface area contributed by atoms with E-state index in [0.717, 1.165) is 13.0 Å². The summed E-state index contributed by atoms with van der Waals surface area (Å²) in [6.45, 7) is 2.22. The second-order valence-electron chi connectivity index (χ2n) is 6.02. The van der Waals surface area contributed by atoms with Crippen LogP contribution >= 0.6 is 11.6 Å². The molecular formula is C16H20ClN3O2. The van der Waals surface area contributed by atoms with Crippen molar-refractivity contribution in [3.8, 4) is 0 Å². The molecule has 1 aromatic rings. The SMILES string of the molecule is O=C(NCC1CC1)c1cc(Cl)ccc1NC(=O)C1CCNC1. The van der Waals surface area contributed by atoms with Gasteiger partial charge in [0.2, 0.25) is 5.91 Å². The highest BCUT2D eigenvalue weighted by Gasteiger charge is 2.25. The van der Waals surface area contributed by atoms with Gasteiger partial charge in [0.25, 0.3) is 5.91 Å². The lowest BCUT2D eigenvalue weighted by Crippen LogP contribution is -2.29. The molecule has 118 valence electrons. The number of carbonyl (C=O) groups excluding carboxylic acids is 2. The standard InChI is InChI=1S/C16H20ClN3O2/c17-12-3-4-14(20-15(21)11-5-6-18-9-11)13(7-12)16(22)19-8-10-1-2-10/h3-4,7,10-11,18H,1-2,5-6,8-9H2,(H,19,22)(H,20,21). The first-order valence-corrected chi connectivity index (χ1v) is 8.10. The van der Waals surface area contributed by atoms with E-state index in [1.54, 1.807) is 18.2 Å². The van der Waals surface area contributed by atoms with Gasteiger partial charge in [-0.25, -0.2) is 0 Å². The van der Waals surface area contributed by atoms with Crippen molar-refractivity contribution in [2.24, 2.45) is 11.8 Å². The second-order valence-corrected chi connectivity index (χ2v) is 6.46. The van der Waals surface area contributed by atoms with Crippen LogP contribution in [0.4, 0.5) is 5.69 Å². The number of amides is 2. The Kier molecular flexibility index (Phi) is 4.64. The van der Waals surface area contributed by atoms with Crippen LogP contribution in [0.2, 0.25) is 5.02 Å². The highest BCUT2D eigenvalue weighted by atomic mass is 35.5. The Morgan fingerprint density at radius 1 is 1.27 bits per heavy atom. The van der Waals surface area contributed by atoms with Crippen LogP contribution in [0.3, 0.4) is 0 Å². The quantitative estimate of drug-likeness (QED) is 0.777. The molecule has 1 aliphatic carbocycles. The predicted octanol–water partition coefficient (Wildman–Crippen LogP) is 2.03. The van der Waals surface area contributed by atoms with Gasteiger partial charge in [-0.1, -0.05) is 11.6 Å². The molecule has 6 heteroatoms. The second kappa shape index (κ2) is 6.67. The Morgan fingerprint density at radius 3 is 2.77 bits per heavy atom. The first-order valence-electron chi connectivity index (χ1n) is 7.73. The lowest BCUT2D eigenvalue weighted by atomic mass is 10.1. The smallest absolute Gasteiger partial charge is 0.253 e. The maximum absolute atomic E-state index is 12.3. The molecule has 2 amide bonds.